The van der Waals surface area contributed by atoms with Gasteiger partial charge < -0.3 is 5.32 Å². The van der Waals surface area contributed by atoms with Crippen LogP contribution in [0, 0.1) is 5.82 Å². The van der Waals surface area contributed by atoms with Crippen LogP contribution in [0.2, 0.25) is 0 Å². The predicted octanol–water partition coefficient (Wildman–Crippen LogP) is 2.89. The topological polar surface area (TPSA) is 15.3 Å². The van der Waals surface area contributed by atoms with Crippen molar-refractivity contribution in [3.05, 3.63) is 35.1 Å². The minimum atomic E-state index is -0.104. The summed E-state index contributed by atoms with van der Waals surface area (Å²) in [5.74, 6) is -0.104. The summed E-state index contributed by atoms with van der Waals surface area (Å²) in [7, 11) is 0. The first kappa shape index (κ1) is 13.1. The first-order valence-corrected chi connectivity index (χ1v) is 7.53. The van der Waals surface area contributed by atoms with E-state index in [-0.39, 0.29) is 5.82 Å². The highest BCUT2D eigenvalue weighted by molar-refractivity contribution is 5.34. The maximum Gasteiger partial charge on any atom is 0.123 e. The molecule has 3 rings (SSSR count). The monoisotopic (exact) mass is 262 g/mol. The molecule has 0 bridgehead atoms. The van der Waals surface area contributed by atoms with Crippen LogP contribution in [0.4, 0.5) is 4.39 Å². The Kier molecular flexibility index (Phi) is 3.85. The van der Waals surface area contributed by atoms with Crippen LogP contribution in [0.25, 0.3) is 0 Å². The van der Waals surface area contributed by atoms with Crippen molar-refractivity contribution in [1.29, 1.82) is 0 Å². The van der Waals surface area contributed by atoms with Gasteiger partial charge in [0.15, 0.2) is 0 Å². The molecular weight excluding hydrogens is 239 g/mol. The fourth-order valence-electron chi connectivity index (χ4n) is 3.62. The molecule has 1 N–H and O–H groups in total. The van der Waals surface area contributed by atoms with E-state index in [0.29, 0.717) is 12.1 Å². The molecule has 104 valence electrons. The number of benzene rings is 1. The first-order valence-electron chi connectivity index (χ1n) is 7.53. The van der Waals surface area contributed by atoms with Gasteiger partial charge in [-0.25, -0.2) is 4.39 Å². The van der Waals surface area contributed by atoms with Crippen molar-refractivity contribution in [1.82, 2.24) is 10.2 Å². The summed E-state index contributed by atoms with van der Waals surface area (Å²) < 4.78 is 13.2. The minimum Gasteiger partial charge on any atom is -0.308 e. The third kappa shape index (κ3) is 2.67. The Morgan fingerprint density at radius 3 is 3.11 bits per heavy atom. The molecule has 3 heteroatoms. The lowest BCUT2D eigenvalue weighted by atomic mass is 10.1. The van der Waals surface area contributed by atoms with Gasteiger partial charge in [0.25, 0.3) is 0 Å². The van der Waals surface area contributed by atoms with Crippen molar-refractivity contribution in [3.8, 4) is 0 Å². The number of likely N-dealkylation sites (N-methyl/N-ethyl adjacent to an activating group) is 1. The van der Waals surface area contributed by atoms with Crippen molar-refractivity contribution >= 4 is 0 Å². The molecule has 2 nitrogen and oxygen atoms in total. The highest BCUT2D eigenvalue weighted by Crippen LogP contribution is 2.31. The zero-order chi connectivity index (χ0) is 13.2. The molecule has 19 heavy (non-hydrogen) atoms. The SMILES string of the molecule is CCN1CCCC1CNC1CCc2cc(F)ccc21. The summed E-state index contributed by atoms with van der Waals surface area (Å²) >= 11 is 0. The summed E-state index contributed by atoms with van der Waals surface area (Å²) in [6, 6.07) is 6.36. The Labute approximate surface area is 115 Å². The largest absolute Gasteiger partial charge is 0.308 e. The number of likely N-dealkylation sites (tertiary alicyclic amines) is 1. The molecule has 2 unspecified atom stereocenters. The standard InChI is InChI=1S/C16H23FN2/c1-2-19-9-3-4-14(19)11-18-16-8-5-12-10-13(17)6-7-15(12)16/h6-7,10,14,16,18H,2-5,8-9,11H2,1H3. The van der Waals surface area contributed by atoms with Gasteiger partial charge in [0.05, 0.1) is 0 Å². The highest BCUT2D eigenvalue weighted by atomic mass is 19.1. The fraction of sp³-hybridized carbons (Fsp3) is 0.625. The van der Waals surface area contributed by atoms with Crippen molar-refractivity contribution < 1.29 is 4.39 Å². The van der Waals surface area contributed by atoms with Crippen molar-refractivity contribution in [3.63, 3.8) is 0 Å². The van der Waals surface area contributed by atoms with E-state index in [1.807, 2.05) is 6.07 Å². The maximum atomic E-state index is 13.2. The molecule has 1 aromatic carbocycles. The Hall–Kier alpha value is -0.930. The zero-order valence-corrected chi connectivity index (χ0v) is 11.7. The van der Waals surface area contributed by atoms with Crippen LogP contribution in [-0.4, -0.2) is 30.6 Å². The number of rotatable bonds is 4. The quantitative estimate of drug-likeness (QED) is 0.897. The zero-order valence-electron chi connectivity index (χ0n) is 11.7. The molecule has 0 saturated carbocycles. The number of hydrogen-bond acceptors (Lipinski definition) is 2. The molecule has 2 atom stereocenters. The Bertz CT molecular complexity index is 446. The highest BCUT2D eigenvalue weighted by Gasteiger charge is 2.26. The molecule has 1 aliphatic carbocycles. The van der Waals surface area contributed by atoms with Gasteiger partial charge in [-0.1, -0.05) is 13.0 Å². The number of hydrogen-bond donors (Lipinski definition) is 1. The average Bonchev–Trinajstić information content (AvgIpc) is 3.01. The molecule has 0 amide bonds. The normalized spacial score (nSPS) is 26.8. The second kappa shape index (κ2) is 5.59. The van der Waals surface area contributed by atoms with Crippen LogP contribution in [0.3, 0.4) is 0 Å². The molecule has 2 aliphatic rings. The lowest BCUT2D eigenvalue weighted by Crippen LogP contribution is -2.38. The molecule has 0 spiro atoms. The van der Waals surface area contributed by atoms with Crippen molar-refractivity contribution in [2.24, 2.45) is 0 Å². The van der Waals surface area contributed by atoms with Gasteiger partial charge in [-0.3, -0.25) is 4.90 Å². The van der Waals surface area contributed by atoms with E-state index in [4.69, 9.17) is 0 Å². The molecule has 1 aromatic rings. The molecular formula is C16H23FN2. The second-order valence-electron chi connectivity index (χ2n) is 5.77. The molecule has 1 aliphatic heterocycles. The van der Waals surface area contributed by atoms with E-state index in [1.165, 1.54) is 30.5 Å². The van der Waals surface area contributed by atoms with Gasteiger partial charge in [0, 0.05) is 18.6 Å². The lowest BCUT2D eigenvalue weighted by molar-refractivity contribution is 0.253. The number of fused-ring (bicyclic) bond motifs is 1. The van der Waals surface area contributed by atoms with Crippen LogP contribution >= 0.6 is 0 Å². The van der Waals surface area contributed by atoms with Gasteiger partial charge in [-0.15, -0.1) is 0 Å². The number of aryl methyl sites for hydroxylation is 1. The molecule has 0 aromatic heterocycles. The van der Waals surface area contributed by atoms with Crippen LogP contribution < -0.4 is 5.32 Å². The van der Waals surface area contributed by atoms with Crippen LogP contribution in [0.1, 0.15) is 43.4 Å². The van der Waals surface area contributed by atoms with Crippen LogP contribution in [-0.2, 0) is 6.42 Å². The maximum absolute atomic E-state index is 13.2. The third-order valence-corrected chi connectivity index (χ3v) is 4.69. The van der Waals surface area contributed by atoms with Gasteiger partial charge in [0.2, 0.25) is 0 Å². The van der Waals surface area contributed by atoms with Crippen LogP contribution in [0.5, 0.6) is 0 Å². The van der Waals surface area contributed by atoms with E-state index in [9.17, 15) is 4.39 Å². The summed E-state index contributed by atoms with van der Waals surface area (Å²) in [6.07, 6.45) is 4.75. The van der Waals surface area contributed by atoms with Gasteiger partial charge in [-0.2, -0.15) is 0 Å². The number of nitrogens with one attached hydrogen (secondary N) is 1. The number of halogens is 1. The Morgan fingerprint density at radius 2 is 2.26 bits per heavy atom. The summed E-state index contributed by atoms with van der Waals surface area (Å²) in [4.78, 5) is 2.56. The Morgan fingerprint density at radius 1 is 1.37 bits per heavy atom. The smallest absolute Gasteiger partial charge is 0.123 e. The minimum absolute atomic E-state index is 0.104. The van der Waals surface area contributed by atoms with E-state index in [0.717, 1.165) is 25.9 Å². The molecule has 1 heterocycles. The summed E-state index contributed by atoms with van der Waals surface area (Å²) in [6.45, 7) is 5.70. The Balaban J connectivity index is 1.61. The van der Waals surface area contributed by atoms with Gasteiger partial charge >= 0.3 is 0 Å². The average molecular weight is 262 g/mol. The van der Waals surface area contributed by atoms with Crippen LogP contribution in [0.15, 0.2) is 18.2 Å². The predicted molar refractivity (Wildman–Crippen MR) is 75.7 cm³/mol. The lowest BCUT2D eigenvalue weighted by Gasteiger charge is -2.25. The van der Waals surface area contributed by atoms with E-state index in [1.54, 1.807) is 12.1 Å². The van der Waals surface area contributed by atoms with E-state index < -0.39 is 0 Å². The first-order chi connectivity index (χ1) is 9.28. The molecule has 1 saturated heterocycles. The molecule has 1 fully saturated rings. The van der Waals surface area contributed by atoms with E-state index >= 15 is 0 Å². The fourth-order valence-corrected chi connectivity index (χ4v) is 3.62. The van der Waals surface area contributed by atoms with Crippen molar-refractivity contribution in [2.75, 3.05) is 19.6 Å². The van der Waals surface area contributed by atoms with Gasteiger partial charge in [-0.05, 0) is 62.0 Å². The van der Waals surface area contributed by atoms with Gasteiger partial charge in [0.1, 0.15) is 5.82 Å². The number of nitrogens with zero attached hydrogens (tertiary/aromatic N) is 1. The van der Waals surface area contributed by atoms with Crippen molar-refractivity contribution in [2.45, 2.75) is 44.7 Å². The van der Waals surface area contributed by atoms with E-state index in [2.05, 4.69) is 17.1 Å². The third-order valence-electron chi connectivity index (χ3n) is 4.69. The molecule has 0 radical (unpaired) electrons. The summed E-state index contributed by atoms with van der Waals surface area (Å²) in [5.41, 5.74) is 2.50. The summed E-state index contributed by atoms with van der Waals surface area (Å²) in [5, 5.41) is 3.70. The second-order valence-corrected chi connectivity index (χ2v) is 5.77.